The van der Waals surface area contributed by atoms with Gasteiger partial charge < -0.3 is 5.11 Å². The summed E-state index contributed by atoms with van der Waals surface area (Å²) in [6.45, 7) is 2.05. The van der Waals surface area contributed by atoms with Gasteiger partial charge in [0.05, 0.1) is 11.7 Å². The number of piperidine rings is 1. The molecule has 0 aromatic heterocycles. The molecule has 128 valence electrons. The summed E-state index contributed by atoms with van der Waals surface area (Å²) < 4.78 is 51.2. The molecule has 2 rings (SSSR count). The molecule has 1 aliphatic heterocycles. The van der Waals surface area contributed by atoms with Gasteiger partial charge in [-0.2, -0.15) is 0 Å². The number of carboxylic acids is 1. The third kappa shape index (κ3) is 4.48. The summed E-state index contributed by atoms with van der Waals surface area (Å²) in [7, 11) is -3.69. The Kier molecular flexibility index (Phi) is 5.36. The van der Waals surface area contributed by atoms with Gasteiger partial charge in [-0.15, -0.1) is 0 Å². The van der Waals surface area contributed by atoms with Gasteiger partial charge >= 0.3 is 5.97 Å². The summed E-state index contributed by atoms with van der Waals surface area (Å²) in [6.07, 6.45) is -2.15. The van der Waals surface area contributed by atoms with Crippen molar-refractivity contribution in [3.05, 3.63) is 35.4 Å². The van der Waals surface area contributed by atoms with Crippen LogP contribution in [0.3, 0.4) is 0 Å². The zero-order valence-electron chi connectivity index (χ0n) is 12.7. The van der Waals surface area contributed by atoms with Crippen LogP contribution in [0.4, 0.5) is 8.78 Å². The quantitative estimate of drug-likeness (QED) is 0.888. The first kappa shape index (κ1) is 17.8. The number of halogens is 2. The molecule has 0 amide bonds. The lowest BCUT2D eigenvalue weighted by atomic mass is 9.92. The Labute approximate surface area is 134 Å². The molecule has 1 aromatic carbocycles. The van der Waals surface area contributed by atoms with Crippen molar-refractivity contribution in [2.75, 3.05) is 13.1 Å². The molecule has 2 atom stereocenters. The van der Waals surface area contributed by atoms with Crippen LogP contribution in [0, 0.1) is 11.8 Å². The fourth-order valence-corrected chi connectivity index (χ4v) is 4.45. The molecule has 0 aliphatic carbocycles. The maximum absolute atomic E-state index is 12.5. The largest absolute Gasteiger partial charge is 0.481 e. The molecule has 8 heteroatoms. The smallest absolute Gasteiger partial charge is 0.307 e. The molecule has 1 aromatic rings. The van der Waals surface area contributed by atoms with Crippen molar-refractivity contribution in [2.45, 2.75) is 25.5 Å². The Balaban J connectivity index is 2.12. The summed E-state index contributed by atoms with van der Waals surface area (Å²) >= 11 is 0. The Morgan fingerprint density at radius 3 is 2.43 bits per heavy atom. The molecule has 0 saturated carbocycles. The number of carboxylic acid groups (broad SMARTS) is 1. The minimum atomic E-state index is -3.69. The summed E-state index contributed by atoms with van der Waals surface area (Å²) in [6, 6.07) is 5.13. The molecule has 1 aliphatic rings. The van der Waals surface area contributed by atoms with Crippen molar-refractivity contribution in [3.63, 3.8) is 0 Å². The van der Waals surface area contributed by atoms with Gasteiger partial charge in [-0.3, -0.25) is 4.79 Å². The summed E-state index contributed by atoms with van der Waals surface area (Å²) in [5.74, 6) is -2.08. The number of aliphatic carboxylic acids is 1. The lowest BCUT2D eigenvalue weighted by molar-refractivity contribution is -0.143. The first-order valence-corrected chi connectivity index (χ1v) is 8.87. The number of sulfonamides is 1. The van der Waals surface area contributed by atoms with E-state index in [9.17, 15) is 22.0 Å². The van der Waals surface area contributed by atoms with E-state index in [2.05, 4.69) is 0 Å². The van der Waals surface area contributed by atoms with Crippen LogP contribution < -0.4 is 0 Å². The lowest BCUT2D eigenvalue weighted by Gasteiger charge is -2.33. The second-order valence-corrected chi connectivity index (χ2v) is 7.96. The summed E-state index contributed by atoms with van der Waals surface area (Å²) in [5, 5.41) is 9.12. The van der Waals surface area contributed by atoms with Crippen LogP contribution in [0.15, 0.2) is 24.3 Å². The SMILES string of the molecule is CC1CC(C(=O)O)CN(S(=O)(=O)Cc2ccc(C(F)F)cc2)C1. The average molecular weight is 347 g/mol. The van der Waals surface area contributed by atoms with Gasteiger partial charge in [0, 0.05) is 18.7 Å². The molecule has 5 nitrogen and oxygen atoms in total. The van der Waals surface area contributed by atoms with E-state index >= 15 is 0 Å². The van der Waals surface area contributed by atoms with Crippen LogP contribution in [0.5, 0.6) is 0 Å². The van der Waals surface area contributed by atoms with Crippen LogP contribution in [-0.4, -0.2) is 36.9 Å². The van der Waals surface area contributed by atoms with E-state index in [0.29, 0.717) is 12.0 Å². The van der Waals surface area contributed by atoms with E-state index in [1.54, 1.807) is 0 Å². The highest BCUT2D eigenvalue weighted by atomic mass is 32.2. The van der Waals surface area contributed by atoms with E-state index in [-0.39, 0.29) is 30.3 Å². The molecule has 1 fully saturated rings. The van der Waals surface area contributed by atoms with Gasteiger partial charge in [0.15, 0.2) is 0 Å². The van der Waals surface area contributed by atoms with Gasteiger partial charge in [0.25, 0.3) is 6.43 Å². The van der Waals surface area contributed by atoms with Crippen LogP contribution >= 0.6 is 0 Å². The van der Waals surface area contributed by atoms with Crippen molar-refractivity contribution in [2.24, 2.45) is 11.8 Å². The number of alkyl halides is 2. The Bertz CT molecular complexity index is 661. The predicted octanol–water partition coefficient (Wildman–Crippen LogP) is 2.50. The minimum Gasteiger partial charge on any atom is -0.481 e. The van der Waals surface area contributed by atoms with Crippen molar-refractivity contribution >= 4 is 16.0 Å². The molecule has 1 heterocycles. The molecule has 0 radical (unpaired) electrons. The Morgan fingerprint density at radius 1 is 1.30 bits per heavy atom. The number of hydrogen-bond donors (Lipinski definition) is 1. The number of rotatable bonds is 5. The molecule has 1 saturated heterocycles. The van der Waals surface area contributed by atoms with Crippen LogP contribution in [0.1, 0.15) is 30.9 Å². The third-order valence-corrected chi connectivity index (χ3v) is 5.73. The third-order valence-electron chi connectivity index (χ3n) is 3.95. The molecular formula is C15H19F2NO4S. The number of nitrogens with zero attached hydrogens (tertiary/aromatic N) is 1. The van der Waals surface area contributed by atoms with Crippen LogP contribution in [-0.2, 0) is 20.6 Å². The highest BCUT2D eigenvalue weighted by Crippen LogP contribution is 2.26. The Hall–Kier alpha value is -1.54. The monoisotopic (exact) mass is 347 g/mol. The minimum absolute atomic E-state index is 0.0409. The van der Waals surface area contributed by atoms with Crippen molar-refractivity contribution < 1.29 is 27.1 Å². The molecule has 0 spiro atoms. The highest BCUT2D eigenvalue weighted by molar-refractivity contribution is 7.88. The van der Waals surface area contributed by atoms with E-state index in [0.717, 1.165) is 0 Å². The summed E-state index contributed by atoms with van der Waals surface area (Å²) in [5.41, 5.74) is 0.239. The highest BCUT2D eigenvalue weighted by Gasteiger charge is 2.35. The fraction of sp³-hybridized carbons (Fsp3) is 0.533. The first-order valence-electron chi connectivity index (χ1n) is 7.26. The van der Waals surface area contributed by atoms with E-state index in [1.807, 2.05) is 6.92 Å². The van der Waals surface area contributed by atoms with Gasteiger partial charge in [-0.05, 0) is 17.9 Å². The average Bonchev–Trinajstić information content (AvgIpc) is 2.46. The lowest BCUT2D eigenvalue weighted by Crippen LogP contribution is -2.45. The standard InChI is InChI=1S/C15H19F2NO4S/c1-10-6-13(15(19)20)8-18(7-10)23(21,22)9-11-2-4-12(5-3-11)14(16)17/h2-5,10,13-14H,6-9H2,1H3,(H,19,20). The van der Waals surface area contributed by atoms with Gasteiger partial charge in [-0.25, -0.2) is 21.5 Å². The second kappa shape index (κ2) is 6.92. The second-order valence-electron chi connectivity index (χ2n) is 5.99. The van der Waals surface area contributed by atoms with E-state index in [4.69, 9.17) is 5.11 Å². The molecule has 1 N–H and O–H groups in total. The van der Waals surface area contributed by atoms with Gasteiger partial charge in [0.2, 0.25) is 10.0 Å². The van der Waals surface area contributed by atoms with Crippen molar-refractivity contribution in [1.82, 2.24) is 4.31 Å². The predicted molar refractivity (Wildman–Crippen MR) is 80.5 cm³/mol. The first-order chi connectivity index (χ1) is 10.7. The van der Waals surface area contributed by atoms with Crippen LogP contribution in [0.25, 0.3) is 0 Å². The van der Waals surface area contributed by atoms with Crippen molar-refractivity contribution in [3.8, 4) is 0 Å². The fourth-order valence-electron chi connectivity index (χ4n) is 2.77. The van der Waals surface area contributed by atoms with E-state index < -0.39 is 28.3 Å². The molecule has 2 unspecified atom stereocenters. The van der Waals surface area contributed by atoms with Crippen molar-refractivity contribution in [1.29, 1.82) is 0 Å². The maximum Gasteiger partial charge on any atom is 0.307 e. The number of hydrogen-bond acceptors (Lipinski definition) is 3. The maximum atomic E-state index is 12.5. The topological polar surface area (TPSA) is 74.7 Å². The van der Waals surface area contributed by atoms with Crippen LogP contribution in [0.2, 0.25) is 0 Å². The molecule has 23 heavy (non-hydrogen) atoms. The zero-order valence-corrected chi connectivity index (χ0v) is 13.5. The van der Waals surface area contributed by atoms with Gasteiger partial charge in [-0.1, -0.05) is 31.2 Å². The normalized spacial score (nSPS) is 23.1. The molecule has 0 bridgehead atoms. The zero-order chi connectivity index (χ0) is 17.2. The van der Waals surface area contributed by atoms with E-state index in [1.165, 1.54) is 28.6 Å². The van der Waals surface area contributed by atoms with Gasteiger partial charge in [0.1, 0.15) is 0 Å². The molecular weight excluding hydrogens is 328 g/mol. The number of benzene rings is 1. The Morgan fingerprint density at radius 2 is 1.91 bits per heavy atom. The summed E-state index contributed by atoms with van der Waals surface area (Å²) in [4.78, 5) is 11.1. The number of carbonyl (C=O) groups is 1.